The second kappa shape index (κ2) is 8.37. The van der Waals surface area contributed by atoms with Crippen LogP contribution in [0.5, 0.6) is 0 Å². The summed E-state index contributed by atoms with van der Waals surface area (Å²) in [6.07, 6.45) is 6.07. The Bertz CT molecular complexity index is 1650. The molecule has 5 heterocycles. The van der Waals surface area contributed by atoms with Gasteiger partial charge in [0.05, 0.1) is 31.6 Å². The first kappa shape index (κ1) is 22.6. The molecule has 0 bridgehead atoms. The number of rotatable bonds is 5. The van der Waals surface area contributed by atoms with Crippen molar-refractivity contribution in [1.82, 2.24) is 33.8 Å². The molecule has 9 nitrogen and oxygen atoms in total. The third-order valence-corrected chi connectivity index (χ3v) is 9.97. The van der Waals surface area contributed by atoms with Crippen molar-refractivity contribution >= 4 is 61.6 Å². The molecule has 1 aromatic carbocycles. The minimum atomic E-state index is -0.835. The van der Waals surface area contributed by atoms with E-state index in [1.165, 1.54) is 11.8 Å². The molecule has 13 heteroatoms. The molecule has 178 valence electrons. The lowest BCUT2D eigenvalue weighted by Gasteiger charge is -2.52. The standard InChI is InChI=1S/C22H20Cl2N8OSSi/c1-34-20-26-17-15(24)12-25-32(17)21(27-20)29-11-9-22(29,35-2)19-28-30-10-8-14(23)16(30)18(33)31(19)13-6-4-3-5-7-13/h3-8,10,12H,9,11,35H2,1-2H3. The topological polar surface area (TPSA) is 85.6 Å². The molecular weight excluding hydrogens is 523 g/mol. The zero-order valence-corrected chi connectivity index (χ0v) is 22.6. The minimum absolute atomic E-state index is 0.204. The smallest absolute Gasteiger partial charge is 0.284 e. The van der Waals surface area contributed by atoms with Gasteiger partial charge in [-0.05, 0) is 30.9 Å². The van der Waals surface area contributed by atoms with Crippen molar-refractivity contribution in [2.24, 2.45) is 0 Å². The molecule has 0 spiro atoms. The van der Waals surface area contributed by atoms with Crippen LogP contribution in [0.4, 0.5) is 5.95 Å². The molecule has 1 saturated heterocycles. The third kappa shape index (κ3) is 3.25. The quantitative estimate of drug-likeness (QED) is 0.249. The van der Waals surface area contributed by atoms with Crippen LogP contribution in [0.2, 0.25) is 16.6 Å². The maximum absolute atomic E-state index is 13.8. The molecule has 1 atom stereocenters. The number of aromatic nitrogens is 7. The van der Waals surface area contributed by atoms with Crippen molar-refractivity contribution in [1.29, 1.82) is 0 Å². The zero-order chi connectivity index (χ0) is 24.3. The summed E-state index contributed by atoms with van der Waals surface area (Å²) in [6, 6.07) is 11.3. The Morgan fingerprint density at radius 2 is 1.91 bits per heavy atom. The Balaban J connectivity index is 1.64. The van der Waals surface area contributed by atoms with E-state index in [4.69, 9.17) is 33.3 Å². The first-order chi connectivity index (χ1) is 17.0. The monoisotopic (exact) mass is 542 g/mol. The highest BCUT2D eigenvalue weighted by molar-refractivity contribution is 7.98. The van der Waals surface area contributed by atoms with Crippen molar-refractivity contribution in [3.05, 3.63) is 75.0 Å². The average Bonchev–Trinajstić information content (AvgIpc) is 3.42. The van der Waals surface area contributed by atoms with Gasteiger partial charge in [0.1, 0.15) is 10.5 Å². The molecule has 1 aliphatic heterocycles. The second-order valence-electron chi connectivity index (χ2n) is 8.28. The molecule has 6 rings (SSSR count). The van der Waals surface area contributed by atoms with Crippen LogP contribution in [0.15, 0.2) is 58.7 Å². The van der Waals surface area contributed by atoms with Crippen molar-refractivity contribution < 1.29 is 0 Å². The van der Waals surface area contributed by atoms with Crippen LogP contribution < -0.4 is 10.5 Å². The molecule has 0 N–H and O–H groups in total. The molecule has 1 aliphatic rings. The molecule has 1 fully saturated rings. The van der Waals surface area contributed by atoms with Crippen molar-refractivity contribution in [3.8, 4) is 5.69 Å². The number of anilines is 1. The molecule has 0 amide bonds. The van der Waals surface area contributed by atoms with Crippen LogP contribution in [0, 0.1) is 0 Å². The SMILES string of the molecule is C[SiH2]C1(c2nn3ccc(Cl)c3c(=O)n2-c2ccccc2)CCN1c1nc(SC)nc2c(Cl)cnn12. The van der Waals surface area contributed by atoms with E-state index in [2.05, 4.69) is 21.5 Å². The molecule has 4 aromatic heterocycles. The molecular formula is C22H20Cl2N8OSSi. The van der Waals surface area contributed by atoms with Crippen LogP contribution in [-0.4, -0.2) is 56.1 Å². The lowest BCUT2D eigenvalue weighted by atomic mass is 10.0. The van der Waals surface area contributed by atoms with E-state index < -0.39 is 14.7 Å². The lowest BCUT2D eigenvalue weighted by molar-refractivity contribution is 0.354. The summed E-state index contributed by atoms with van der Waals surface area (Å²) >= 11 is 14.2. The van der Waals surface area contributed by atoms with E-state index in [9.17, 15) is 4.79 Å². The Hall–Kier alpha value is -2.86. The van der Waals surface area contributed by atoms with E-state index in [1.807, 2.05) is 36.6 Å². The molecule has 5 aromatic rings. The molecule has 1 unspecified atom stereocenters. The normalized spacial score (nSPS) is 18.2. The first-order valence-electron chi connectivity index (χ1n) is 11.1. The van der Waals surface area contributed by atoms with Crippen LogP contribution in [0.25, 0.3) is 16.9 Å². The molecule has 0 saturated carbocycles. The van der Waals surface area contributed by atoms with Gasteiger partial charge in [0.2, 0.25) is 5.95 Å². The fraction of sp³-hybridized carbons (Fsp3) is 0.227. The van der Waals surface area contributed by atoms with E-state index in [0.717, 1.165) is 18.7 Å². The largest absolute Gasteiger partial charge is 0.331 e. The highest BCUT2D eigenvalue weighted by Gasteiger charge is 2.50. The number of fused-ring (bicyclic) bond motifs is 2. The predicted molar refractivity (Wildman–Crippen MR) is 141 cm³/mol. The number of hydrogen-bond acceptors (Lipinski definition) is 7. The van der Waals surface area contributed by atoms with Gasteiger partial charge >= 0.3 is 0 Å². The summed E-state index contributed by atoms with van der Waals surface area (Å²) in [5.41, 5.74) is 1.45. The third-order valence-electron chi connectivity index (χ3n) is 6.63. The van der Waals surface area contributed by atoms with Crippen LogP contribution in [0.1, 0.15) is 12.2 Å². The van der Waals surface area contributed by atoms with Gasteiger partial charge in [0, 0.05) is 12.7 Å². The fourth-order valence-corrected chi connectivity index (χ4v) is 7.25. The zero-order valence-electron chi connectivity index (χ0n) is 18.9. The summed E-state index contributed by atoms with van der Waals surface area (Å²) < 4.78 is 4.97. The lowest BCUT2D eigenvalue weighted by Crippen LogP contribution is -2.63. The van der Waals surface area contributed by atoms with Crippen molar-refractivity contribution in [2.75, 3.05) is 17.7 Å². The highest BCUT2D eigenvalue weighted by atomic mass is 35.5. The highest BCUT2D eigenvalue weighted by Crippen LogP contribution is 2.42. The van der Waals surface area contributed by atoms with E-state index >= 15 is 0 Å². The van der Waals surface area contributed by atoms with Gasteiger partial charge in [0.25, 0.3) is 5.56 Å². The van der Waals surface area contributed by atoms with Crippen molar-refractivity contribution in [3.63, 3.8) is 0 Å². The van der Waals surface area contributed by atoms with E-state index in [1.54, 1.807) is 32.1 Å². The van der Waals surface area contributed by atoms with Crippen LogP contribution >= 0.6 is 35.0 Å². The molecule has 0 aliphatic carbocycles. The number of halogens is 2. The summed E-state index contributed by atoms with van der Waals surface area (Å²) in [5, 5.41) is 10.4. The molecule has 35 heavy (non-hydrogen) atoms. The van der Waals surface area contributed by atoms with Crippen molar-refractivity contribution in [2.45, 2.75) is 23.3 Å². The number of para-hydroxylation sites is 1. The Kier molecular flexibility index (Phi) is 5.40. The number of thioether (sulfide) groups is 1. The number of benzene rings is 1. The van der Waals surface area contributed by atoms with E-state index in [0.29, 0.717) is 38.1 Å². The van der Waals surface area contributed by atoms with Gasteiger partial charge in [-0.2, -0.15) is 19.7 Å². The predicted octanol–water partition coefficient (Wildman–Crippen LogP) is 3.23. The summed E-state index contributed by atoms with van der Waals surface area (Å²) in [4.78, 5) is 25.4. The number of hydrogen-bond donors (Lipinski definition) is 0. The average molecular weight is 544 g/mol. The first-order valence-corrected chi connectivity index (χ1v) is 15.2. The van der Waals surface area contributed by atoms with E-state index in [-0.39, 0.29) is 5.56 Å². The summed E-state index contributed by atoms with van der Waals surface area (Å²) in [5.74, 6) is 1.32. The Labute approximate surface area is 216 Å². The maximum Gasteiger partial charge on any atom is 0.284 e. The van der Waals surface area contributed by atoms with Gasteiger partial charge in [-0.1, -0.05) is 59.7 Å². The van der Waals surface area contributed by atoms with Crippen LogP contribution in [0.3, 0.4) is 0 Å². The van der Waals surface area contributed by atoms with Gasteiger partial charge in [0.15, 0.2) is 16.6 Å². The van der Waals surface area contributed by atoms with Gasteiger partial charge in [-0.3, -0.25) is 9.36 Å². The van der Waals surface area contributed by atoms with Gasteiger partial charge in [-0.25, -0.2) is 9.50 Å². The Morgan fingerprint density at radius 3 is 2.60 bits per heavy atom. The second-order valence-corrected chi connectivity index (χ2v) is 11.7. The maximum atomic E-state index is 13.8. The Morgan fingerprint density at radius 1 is 1.11 bits per heavy atom. The fourth-order valence-electron chi connectivity index (χ4n) is 4.78. The number of nitrogens with zero attached hydrogens (tertiary/aromatic N) is 8. The van der Waals surface area contributed by atoms with Gasteiger partial charge < -0.3 is 4.90 Å². The molecule has 0 radical (unpaired) electrons. The summed E-state index contributed by atoms with van der Waals surface area (Å²) in [7, 11) is -0.835. The van der Waals surface area contributed by atoms with Gasteiger partial charge in [-0.15, -0.1) is 0 Å². The minimum Gasteiger partial charge on any atom is -0.331 e. The van der Waals surface area contributed by atoms with Crippen LogP contribution in [-0.2, 0) is 5.16 Å². The summed E-state index contributed by atoms with van der Waals surface area (Å²) in [6.45, 7) is 2.97.